The third kappa shape index (κ3) is 3.03. The summed E-state index contributed by atoms with van der Waals surface area (Å²) in [5.41, 5.74) is 0.932. The SMILES string of the molecule is Cc1nc(C(C)NC(=O)C2(c3ccc(Cl)cc3)CC2)sc1C(=O)O. The van der Waals surface area contributed by atoms with Gasteiger partial charge in [0.2, 0.25) is 5.91 Å². The second-order valence-electron chi connectivity index (χ2n) is 6.06. The molecule has 7 heteroatoms. The van der Waals surface area contributed by atoms with Crippen LogP contribution >= 0.6 is 22.9 Å². The molecule has 1 aliphatic rings. The Morgan fingerprint density at radius 3 is 2.46 bits per heavy atom. The summed E-state index contributed by atoms with van der Waals surface area (Å²) in [5, 5.41) is 13.3. The number of nitrogens with zero attached hydrogens (tertiary/aromatic N) is 1. The minimum Gasteiger partial charge on any atom is -0.477 e. The Hall–Kier alpha value is -1.92. The highest BCUT2D eigenvalue weighted by atomic mass is 35.5. The second kappa shape index (κ2) is 6.18. The predicted molar refractivity (Wildman–Crippen MR) is 92.7 cm³/mol. The fourth-order valence-electron chi connectivity index (χ4n) is 2.74. The highest BCUT2D eigenvalue weighted by molar-refractivity contribution is 7.13. The summed E-state index contributed by atoms with van der Waals surface area (Å²) >= 11 is 7.02. The molecule has 1 unspecified atom stereocenters. The number of hydrogen-bond acceptors (Lipinski definition) is 4. The lowest BCUT2D eigenvalue weighted by Crippen LogP contribution is -2.36. The number of hydrogen-bond donors (Lipinski definition) is 2. The summed E-state index contributed by atoms with van der Waals surface area (Å²) in [6.07, 6.45) is 1.59. The van der Waals surface area contributed by atoms with Crippen LogP contribution in [0.1, 0.15) is 51.7 Å². The van der Waals surface area contributed by atoms with Crippen LogP contribution in [0.5, 0.6) is 0 Å². The molecule has 1 amide bonds. The molecule has 1 aliphatic carbocycles. The number of thiazole rings is 1. The van der Waals surface area contributed by atoms with E-state index >= 15 is 0 Å². The van der Waals surface area contributed by atoms with Crippen LogP contribution in [0.4, 0.5) is 0 Å². The third-order valence-electron chi connectivity index (χ3n) is 4.31. The largest absolute Gasteiger partial charge is 0.477 e. The molecule has 0 spiro atoms. The molecule has 5 nitrogen and oxygen atoms in total. The molecule has 2 N–H and O–H groups in total. The molecule has 1 saturated carbocycles. The molecule has 24 heavy (non-hydrogen) atoms. The first-order chi connectivity index (χ1) is 11.3. The molecular formula is C17H17ClN2O3S. The van der Waals surface area contributed by atoms with Gasteiger partial charge in [0, 0.05) is 5.02 Å². The maximum atomic E-state index is 12.7. The Balaban J connectivity index is 1.76. The molecule has 0 aliphatic heterocycles. The van der Waals surface area contributed by atoms with Crippen LogP contribution in [0.2, 0.25) is 5.02 Å². The van der Waals surface area contributed by atoms with Gasteiger partial charge in [-0.3, -0.25) is 4.79 Å². The first-order valence-electron chi connectivity index (χ1n) is 7.61. The first-order valence-corrected chi connectivity index (χ1v) is 8.80. The van der Waals surface area contributed by atoms with E-state index in [1.807, 2.05) is 19.1 Å². The van der Waals surface area contributed by atoms with Gasteiger partial charge in [0.25, 0.3) is 0 Å². The summed E-state index contributed by atoms with van der Waals surface area (Å²) < 4.78 is 0. The van der Waals surface area contributed by atoms with E-state index in [9.17, 15) is 9.59 Å². The Morgan fingerprint density at radius 1 is 1.33 bits per heavy atom. The average molecular weight is 365 g/mol. The maximum absolute atomic E-state index is 12.7. The van der Waals surface area contributed by atoms with Gasteiger partial charge < -0.3 is 10.4 Å². The quantitative estimate of drug-likeness (QED) is 0.847. The average Bonchev–Trinajstić information content (AvgIpc) is 3.24. The van der Waals surface area contributed by atoms with Crippen molar-refractivity contribution in [2.45, 2.75) is 38.1 Å². The Morgan fingerprint density at radius 2 is 1.96 bits per heavy atom. The Kier molecular flexibility index (Phi) is 4.36. The van der Waals surface area contributed by atoms with Crippen molar-refractivity contribution in [2.75, 3.05) is 0 Å². The molecule has 0 saturated heterocycles. The number of carbonyl (C=O) groups is 2. The Labute approximate surface area is 148 Å². The number of benzene rings is 1. The van der Waals surface area contributed by atoms with E-state index < -0.39 is 11.4 Å². The van der Waals surface area contributed by atoms with Crippen LogP contribution in [0.15, 0.2) is 24.3 Å². The summed E-state index contributed by atoms with van der Waals surface area (Å²) in [7, 11) is 0. The van der Waals surface area contributed by atoms with Crippen molar-refractivity contribution in [1.82, 2.24) is 10.3 Å². The Bertz CT molecular complexity index is 797. The predicted octanol–water partition coefficient (Wildman–Crippen LogP) is 3.71. The van der Waals surface area contributed by atoms with Crippen molar-refractivity contribution in [3.63, 3.8) is 0 Å². The van der Waals surface area contributed by atoms with Crippen molar-refractivity contribution >= 4 is 34.8 Å². The number of aryl methyl sites for hydroxylation is 1. The van der Waals surface area contributed by atoms with Gasteiger partial charge in [-0.25, -0.2) is 9.78 Å². The maximum Gasteiger partial charge on any atom is 0.347 e. The van der Waals surface area contributed by atoms with Crippen molar-refractivity contribution < 1.29 is 14.7 Å². The lowest BCUT2D eigenvalue weighted by atomic mass is 9.95. The van der Waals surface area contributed by atoms with Crippen molar-refractivity contribution in [1.29, 1.82) is 0 Å². The summed E-state index contributed by atoms with van der Waals surface area (Å²) in [5.74, 6) is -1.04. The monoisotopic (exact) mass is 364 g/mol. The van der Waals surface area contributed by atoms with Crippen molar-refractivity contribution in [3.8, 4) is 0 Å². The van der Waals surface area contributed by atoms with Gasteiger partial charge in [-0.05, 0) is 44.4 Å². The summed E-state index contributed by atoms with van der Waals surface area (Å²) in [6, 6.07) is 7.01. The van der Waals surface area contributed by atoms with Crippen LogP contribution in [0, 0.1) is 6.92 Å². The minimum absolute atomic E-state index is 0.0537. The zero-order valence-corrected chi connectivity index (χ0v) is 14.9. The molecule has 1 aromatic heterocycles. The number of aromatic carboxylic acids is 1. The van der Waals surface area contributed by atoms with Crippen LogP contribution < -0.4 is 5.32 Å². The number of nitrogens with one attached hydrogen (secondary N) is 1. The molecule has 1 aromatic carbocycles. The lowest BCUT2D eigenvalue weighted by Gasteiger charge is -2.19. The molecular weight excluding hydrogens is 348 g/mol. The van der Waals surface area contributed by atoms with Gasteiger partial charge in [0.1, 0.15) is 9.88 Å². The topological polar surface area (TPSA) is 79.3 Å². The number of aromatic nitrogens is 1. The van der Waals surface area contributed by atoms with Crippen molar-refractivity contribution in [2.24, 2.45) is 0 Å². The number of carbonyl (C=O) groups excluding carboxylic acids is 1. The summed E-state index contributed by atoms with van der Waals surface area (Å²) in [6.45, 7) is 3.48. The zero-order chi connectivity index (χ0) is 17.5. The molecule has 126 valence electrons. The van der Waals surface area contributed by atoms with Gasteiger partial charge in [0.05, 0.1) is 17.2 Å². The minimum atomic E-state index is -0.991. The molecule has 2 aromatic rings. The van der Waals surface area contributed by atoms with Crippen LogP contribution in [0.3, 0.4) is 0 Å². The van der Waals surface area contributed by atoms with Gasteiger partial charge in [0.15, 0.2) is 0 Å². The molecule has 1 fully saturated rings. The standard InChI is InChI=1S/C17H17ClN2O3S/c1-9-13(15(21)22)24-14(19-9)10(2)20-16(23)17(7-8-17)11-3-5-12(18)6-4-11/h3-6,10H,7-8H2,1-2H3,(H,20,23)(H,21,22). The van der Waals surface area contributed by atoms with E-state index in [1.165, 1.54) is 0 Å². The van der Waals surface area contributed by atoms with E-state index in [-0.39, 0.29) is 16.8 Å². The van der Waals surface area contributed by atoms with E-state index in [4.69, 9.17) is 16.7 Å². The highest BCUT2D eigenvalue weighted by Gasteiger charge is 2.51. The molecule has 1 atom stereocenters. The highest BCUT2D eigenvalue weighted by Crippen LogP contribution is 2.49. The van der Waals surface area contributed by atoms with Crippen molar-refractivity contribution in [3.05, 3.63) is 50.4 Å². The number of halogens is 1. The van der Waals surface area contributed by atoms with Crippen LogP contribution in [-0.4, -0.2) is 22.0 Å². The van der Waals surface area contributed by atoms with E-state index in [1.54, 1.807) is 19.1 Å². The third-order valence-corrected chi connectivity index (χ3v) is 5.89. The normalized spacial score (nSPS) is 16.5. The molecule has 1 heterocycles. The van der Waals surface area contributed by atoms with E-state index in [0.29, 0.717) is 15.7 Å². The number of rotatable bonds is 5. The van der Waals surface area contributed by atoms with Crippen LogP contribution in [0.25, 0.3) is 0 Å². The smallest absolute Gasteiger partial charge is 0.347 e. The molecule has 3 rings (SSSR count). The first kappa shape index (κ1) is 16.9. The van der Waals surface area contributed by atoms with Gasteiger partial charge in [-0.1, -0.05) is 23.7 Å². The number of carboxylic acid groups (broad SMARTS) is 1. The molecule has 0 radical (unpaired) electrons. The van der Waals surface area contributed by atoms with Crippen LogP contribution in [-0.2, 0) is 10.2 Å². The van der Waals surface area contributed by atoms with Gasteiger partial charge in [-0.15, -0.1) is 11.3 Å². The van der Waals surface area contributed by atoms with E-state index in [2.05, 4.69) is 10.3 Å². The van der Waals surface area contributed by atoms with Gasteiger partial charge in [-0.2, -0.15) is 0 Å². The lowest BCUT2D eigenvalue weighted by molar-refractivity contribution is -0.124. The second-order valence-corrected chi connectivity index (χ2v) is 7.52. The fraction of sp³-hybridized carbons (Fsp3) is 0.353. The zero-order valence-electron chi connectivity index (χ0n) is 13.3. The summed E-state index contributed by atoms with van der Waals surface area (Å²) in [4.78, 5) is 28.4. The molecule has 0 bridgehead atoms. The van der Waals surface area contributed by atoms with E-state index in [0.717, 1.165) is 29.7 Å². The number of amides is 1. The number of carboxylic acids is 1. The fourth-order valence-corrected chi connectivity index (χ4v) is 3.77. The van der Waals surface area contributed by atoms with Gasteiger partial charge >= 0.3 is 5.97 Å².